The van der Waals surface area contributed by atoms with Crippen LogP contribution in [0.3, 0.4) is 0 Å². The highest BCUT2D eigenvalue weighted by atomic mass is 16.6. The van der Waals surface area contributed by atoms with Gasteiger partial charge in [-0.15, -0.1) is 0 Å². The molecule has 73 heavy (non-hydrogen) atoms. The molecule has 0 radical (unpaired) electrons. The van der Waals surface area contributed by atoms with Crippen molar-refractivity contribution in [1.29, 1.82) is 0 Å². The first-order chi connectivity index (χ1) is 36.0. The molecule has 6 nitrogen and oxygen atoms in total. The number of rotatable bonds is 61. The Morgan fingerprint density at radius 3 is 0.781 bits per heavy atom. The van der Waals surface area contributed by atoms with Gasteiger partial charge in [-0.1, -0.05) is 321 Å². The van der Waals surface area contributed by atoms with E-state index >= 15 is 0 Å². The van der Waals surface area contributed by atoms with Crippen molar-refractivity contribution in [3.05, 3.63) is 24.3 Å². The fraction of sp³-hybridized carbons (Fsp3) is 0.896. The predicted molar refractivity (Wildman–Crippen MR) is 316 cm³/mol. The summed E-state index contributed by atoms with van der Waals surface area (Å²) in [6.45, 7) is 6.69. The molecule has 0 fully saturated rings. The summed E-state index contributed by atoms with van der Waals surface area (Å²) in [4.78, 5) is 38.4. The molecular weight excluding hydrogens is 901 g/mol. The fourth-order valence-electron chi connectivity index (χ4n) is 10.0. The van der Waals surface area contributed by atoms with Crippen molar-refractivity contribution in [3.8, 4) is 0 Å². The number of carbonyl (C=O) groups excluding carboxylic acids is 3. The zero-order valence-corrected chi connectivity index (χ0v) is 49.4. The molecule has 0 bridgehead atoms. The Bertz CT molecular complexity index is 1180. The third-order valence-electron chi connectivity index (χ3n) is 15.0. The molecule has 0 heterocycles. The van der Waals surface area contributed by atoms with Crippen molar-refractivity contribution in [2.75, 3.05) is 13.2 Å². The molecule has 0 amide bonds. The van der Waals surface area contributed by atoms with Crippen LogP contribution in [-0.4, -0.2) is 37.2 Å². The Kier molecular flexibility index (Phi) is 60.6. The Labute approximate surface area is 455 Å². The molecule has 0 aliphatic rings. The maximum atomic E-state index is 12.9. The van der Waals surface area contributed by atoms with Crippen LogP contribution in [0, 0.1) is 0 Å². The first kappa shape index (κ1) is 70.9. The predicted octanol–water partition coefficient (Wildman–Crippen LogP) is 22.2. The molecule has 1 atom stereocenters. The molecule has 0 aliphatic carbocycles. The largest absolute Gasteiger partial charge is 0.462 e. The molecular formula is C67H126O6. The van der Waals surface area contributed by atoms with Gasteiger partial charge in [-0.05, 0) is 51.4 Å². The lowest BCUT2D eigenvalue weighted by Gasteiger charge is -2.18. The van der Waals surface area contributed by atoms with Crippen LogP contribution in [0.2, 0.25) is 0 Å². The third-order valence-corrected chi connectivity index (χ3v) is 15.0. The smallest absolute Gasteiger partial charge is 0.306 e. The second kappa shape index (κ2) is 62.4. The second-order valence-electron chi connectivity index (χ2n) is 22.4. The Morgan fingerprint density at radius 1 is 0.274 bits per heavy atom. The van der Waals surface area contributed by atoms with Gasteiger partial charge >= 0.3 is 17.9 Å². The number of ether oxygens (including phenoxy) is 3. The fourth-order valence-corrected chi connectivity index (χ4v) is 10.0. The maximum Gasteiger partial charge on any atom is 0.306 e. The zero-order valence-electron chi connectivity index (χ0n) is 49.4. The van der Waals surface area contributed by atoms with Crippen LogP contribution in [-0.2, 0) is 28.6 Å². The van der Waals surface area contributed by atoms with E-state index in [0.29, 0.717) is 19.3 Å². The number of hydrogen-bond acceptors (Lipinski definition) is 6. The highest BCUT2D eigenvalue weighted by molar-refractivity contribution is 5.71. The summed E-state index contributed by atoms with van der Waals surface area (Å²) in [5, 5.41) is 0. The van der Waals surface area contributed by atoms with Gasteiger partial charge in [-0.3, -0.25) is 14.4 Å². The lowest BCUT2D eigenvalue weighted by atomic mass is 10.0. The minimum absolute atomic E-state index is 0.0673. The van der Waals surface area contributed by atoms with Gasteiger partial charge in [-0.25, -0.2) is 0 Å². The molecule has 0 N–H and O–H groups in total. The topological polar surface area (TPSA) is 78.9 Å². The average Bonchev–Trinajstić information content (AvgIpc) is 3.39. The summed E-state index contributed by atoms with van der Waals surface area (Å²) in [7, 11) is 0. The van der Waals surface area contributed by atoms with Crippen LogP contribution in [0.1, 0.15) is 367 Å². The molecule has 0 aliphatic heterocycles. The van der Waals surface area contributed by atoms with E-state index in [4.69, 9.17) is 14.2 Å². The van der Waals surface area contributed by atoms with Crippen LogP contribution >= 0.6 is 0 Å². The first-order valence-electron chi connectivity index (χ1n) is 32.8. The molecule has 0 rings (SSSR count). The Balaban J connectivity index is 4.31. The number of hydrogen-bond donors (Lipinski definition) is 0. The molecule has 0 spiro atoms. The van der Waals surface area contributed by atoms with Crippen LogP contribution < -0.4 is 0 Å². The summed E-state index contributed by atoms with van der Waals surface area (Å²) in [6, 6.07) is 0. The number of carbonyl (C=O) groups is 3. The molecule has 430 valence electrons. The van der Waals surface area contributed by atoms with Crippen LogP contribution in [0.25, 0.3) is 0 Å². The molecule has 6 heteroatoms. The van der Waals surface area contributed by atoms with E-state index < -0.39 is 6.10 Å². The van der Waals surface area contributed by atoms with E-state index in [-0.39, 0.29) is 31.1 Å². The van der Waals surface area contributed by atoms with E-state index in [1.807, 2.05) is 0 Å². The van der Waals surface area contributed by atoms with Crippen LogP contribution in [0.5, 0.6) is 0 Å². The zero-order chi connectivity index (χ0) is 52.9. The highest BCUT2D eigenvalue weighted by Gasteiger charge is 2.19. The van der Waals surface area contributed by atoms with Crippen molar-refractivity contribution in [2.45, 2.75) is 374 Å². The normalized spacial score (nSPS) is 12.1. The van der Waals surface area contributed by atoms with E-state index in [1.54, 1.807) is 0 Å². The average molecular weight is 1030 g/mol. The molecule has 0 aromatic rings. The molecule has 0 saturated carbocycles. The first-order valence-corrected chi connectivity index (χ1v) is 32.8. The lowest BCUT2D eigenvalue weighted by molar-refractivity contribution is -0.167. The van der Waals surface area contributed by atoms with Gasteiger partial charge in [0.1, 0.15) is 13.2 Å². The number of allylic oxidation sites excluding steroid dienone is 4. The van der Waals surface area contributed by atoms with Gasteiger partial charge in [-0.2, -0.15) is 0 Å². The van der Waals surface area contributed by atoms with E-state index in [0.717, 1.165) is 70.6 Å². The number of unbranched alkanes of at least 4 members (excludes halogenated alkanes) is 46. The van der Waals surface area contributed by atoms with Gasteiger partial charge < -0.3 is 14.2 Å². The van der Waals surface area contributed by atoms with Crippen molar-refractivity contribution in [1.82, 2.24) is 0 Å². The standard InChI is InChI=1S/C67H126O6/c1-4-7-10-13-16-19-22-25-28-31-33-36-39-42-45-48-51-54-57-60-66(69)72-63-64(62-71-65(68)59-56-53-50-47-44-41-38-35-30-27-24-21-18-15-12-9-6-3)73-67(70)61-58-55-52-49-46-43-40-37-34-32-29-26-23-20-17-14-11-8-5-2/h18,21,27,30,64H,4-17,19-20,22-26,28-29,31-63H2,1-3H3/b21-18-,30-27-. The van der Waals surface area contributed by atoms with Gasteiger partial charge in [0, 0.05) is 19.3 Å². The van der Waals surface area contributed by atoms with Crippen molar-refractivity contribution < 1.29 is 28.6 Å². The molecule has 0 aromatic carbocycles. The Hall–Kier alpha value is -2.11. The van der Waals surface area contributed by atoms with Crippen LogP contribution in [0.15, 0.2) is 24.3 Å². The highest BCUT2D eigenvalue weighted by Crippen LogP contribution is 2.18. The summed E-state index contributed by atoms with van der Waals surface area (Å²) in [5.41, 5.74) is 0. The molecule has 0 aromatic heterocycles. The van der Waals surface area contributed by atoms with Crippen molar-refractivity contribution in [2.24, 2.45) is 0 Å². The van der Waals surface area contributed by atoms with Gasteiger partial charge in [0.25, 0.3) is 0 Å². The van der Waals surface area contributed by atoms with E-state index in [2.05, 4.69) is 45.1 Å². The quantitative estimate of drug-likeness (QED) is 0.0261. The summed E-state index contributed by atoms with van der Waals surface area (Å²) in [6.07, 6.45) is 74.7. The van der Waals surface area contributed by atoms with Crippen molar-refractivity contribution >= 4 is 17.9 Å². The van der Waals surface area contributed by atoms with Gasteiger partial charge in [0.05, 0.1) is 0 Å². The SMILES string of the molecule is CCCCC/C=C\C/C=C\CCCCCCCCCC(=O)OCC(COC(=O)CCCCCCCCCCCCCCCCCCCCC)OC(=O)CCCCCCCCCCCCCCCCCCCCC. The lowest BCUT2D eigenvalue weighted by Crippen LogP contribution is -2.30. The third kappa shape index (κ3) is 60.6. The van der Waals surface area contributed by atoms with Gasteiger partial charge in [0.15, 0.2) is 6.10 Å². The maximum absolute atomic E-state index is 12.9. The monoisotopic (exact) mass is 1030 g/mol. The van der Waals surface area contributed by atoms with Gasteiger partial charge in [0.2, 0.25) is 0 Å². The van der Waals surface area contributed by atoms with Crippen LogP contribution in [0.4, 0.5) is 0 Å². The summed E-state index contributed by atoms with van der Waals surface area (Å²) >= 11 is 0. The minimum atomic E-state index is -0.771. The number of esters is 3. The summed E-state index contributed by atoms with van der Waals surface area (Å²) in [5.74, 6) is -0.845. The van der Waals surface area contributed by atoms with Crippen molar-refractivity contribution in [3.63, 3.8) is 0 Å². The second-order valence-corrected chi connectivity index (χ2v) is 22.4. The summed E-state index contributed by atoms with van der Waals surface area (Å²) < 4.78 is 17.0. The minimum Gasteiger partial charge on any atom is -0.462 e. The molecule has 1 unspecified atom stereocenters. The van der Waals surface area contributed by atoms with E-state index in [1.165, 1.54) is 257 Å². The van der Waals surface area contributed by atoms with E-state index in [9.17, 15) is 14.4 Å². The Morgan fingerprint density at radius 2 is 0.493 bits per heavy atom. The molecule has 0 saturated heterocycles.